The van der Waals surface area contributed by atoms with Crippen LogP contribution in [0.5, 0.6) is 0 Å². The number of aromatic nitrogens is 1. The van der Waals surface area contributed by atoms with Gasteiger partial charge < -0.3 is 14.6 Å². The molecule has 1 N–H and O–H groups in total. The molecule has 1 amide bonds. The molecule has 1 atom stereocenters. The number of halogens is 1. The van der Waals surface area contributed by atoms with Gasteiger partial charge in [0.2, 0.25) is 0 Å². The number of nitrogens with zero attached hydrogens (tertiary/aromatic N) is 1. The van der Waals surface area contributed by atoms with Gasteiger partial charge in [0.1, 0.15) is 6.61 Å². The molecule has 1 aromatic heterocycles. The van der Waals surface area contributed by atoms with Gasteiger partial charge in [-0.2, -0.15) is 0 Å². The molecule has 6 heteroatoms. The third kappa shape index (κ3) is 4.31. The van der Waals surface area contributed by atoms with Gasteiger partial charge in [0.15, 0.2) is 11.5 Å². The Kier molecular flexibility index (Phi) is 5.36. The number of carbonyl (C=O) groups excluding carboxylic acids is 1. The Hall–Kier alpha value is -1.85. The summed E-state index contributed by atoms with van der Waals surface area (Å²) in [6.07, 6.45) is 0.647. The monoisotopic (exact) mass is 308 g/mol. The zero-order valence-electron chi connectivity index (χ0n) is 11.9. The van der Waals surface area contributed by atoms with Gasteiger partial charge in [0, 0.05) is 24.2 Å². The Morgan fingerprint density at radius 2 is 2.24 bits per heavy atom. The maximum atomic E-state index is 12.0. The predicted octanol–water partition coefficient (Wildman–Crippen LogP) is 2.84. The number of hydrogen-bond acceptors (Lipinski definition) is 4. The lowest BCUT2D eigenvalue weighted by atomic mass is 10.1. The number of carbonyl (C=O) groups is 1. The second-order valence-corrected chi connectivity index (χ2v) is 5.19. The van der Waals surface area contributed by atoms with E-state index < -0.39 is 0 Å². The van der Waals surface area contributed by atoms with E-state index in [4.69, 9.17) is 20.9 Å². The number of amides is 1. The smallest absolute Gasteiger partial charge is 0.273 e. The molecule has 0 unspecified atom stereocenters. The summed E-state index contributed by atoms with van der Waals surface area (Å²) < 4.78 is 9.90. The van der Waals surface area contributed by atoms with Crippen LogP contribution in [0.1, 0.15) is 28.7 Å². The molecule has 0 spiro atoms. The number of methoxy groups -OCH3 is 1. The van der Waals surface area contributed by atoms with Crippen molar-refractivity contribution in [2.75, 3.05) is 7.11 Å². The molecular formula is C15H17ClN2O3. The van der Waals surface area contributed by atoms with Crippen LogP contribution in [0, 0.1) is 0 Å². The zero-order chi connectivity index (χ0) is 15.2. The summed E-state index contributed by atoms with van der Waals surface area (Å²) in [5, 5.41) is 7.28. The van der Waals surface area contributed by atoms with Crippen LogP contribution in [0.2, 0.25) is 5.02 Å². The van der Waals surface area contributed by atoms with E-state index >= 15 is 0 Å². The molecule has 2 rings (SSSR count). The fraction of sp³-hybridized carbons (Fsp3) is 0.333. The lowest BCUT2D eigenvalue weighted by molar-refractivity contribution is 0.0930. The molecule has 0 saturated heterocycles. The average Bonchev–Trinajstić information content (AvgIpc) is 2.90. The first-order valence-electron chi connectivity index (χ1n) is 6.59. The molecule has 0 aliphatic carbocycles. The van der Waals surface area contributed by atoms with E-state index in [-0.39, 0.29) is 24.2 Å². The van der Waals surface area contributed by atoms with Gasteiger partial charge in [-0.05, 0) is 25.0 Å². The molecule has 0 aliphatic rings. The van der Waals surface area contributed by atoms with E-state index in [2.05, 4.69) is 10.5 Å². The molecule has 0 bridgehead atoms. The highest BCUT2D eigenvalue weighted by Gasteiger charge is 2.15. The van der Waals surface area contributed by atoms with E-state index in [1.165, 1.54) is 0 Å². The lowest BCUT2D eigenvalue weighted by Gasteiger charge is -2.13. The van der Waals surface area contributed by atoms with Crippen LogP contribution in [0.15, 0.2) is 34.9 Å². The van der Waals surface area contributed by atoms with Crippen LogP contribution in [0.3, 0.4) is 0 Å². The van der Waals surface area contributed by atoms with Gasteiger partial charge in [0.05, 0.1) is 0 Å². The molecule has 112 valence electrons. The summed E-state index contributed by atoms with van der Waals surface area (Å²) in [6, 6.07) is 9.07. The van der Waals surface area contributed by atoms with E-state index in [0.717, 1.165) is 5.56 Å². The standard InChI is InChI=1S/C15H17ClN2O3/c1-10(7-11-5-3-4-6-13(11)16)17-15(19)14-8-12(9-20-2)21-18-14/h3-6,8,10H,7,9H2,1-2H3,(H,17,19)/t10-/m0/s1. The number of ether oxygens (including phenoxy) is 1. The molecule has 5 nitrogen and oxygen atoms in total. The van der Waals surface area contributed by atoms with Crippen molar-refractivity contribution in [3.8, 4) is 0 Å². The van der Waals surface area contributed by atoms with Gasteiger partial charge in [-0.15, -0.1) is 0 Å². The predicted molar refractivity (Wildman–Crippen MR) is 79.3 cm³/mol. The van der Waals surface area contributed by atoms with Crippen molar-refractivity contribution in [2.45, 2.75) is 26.0 Å². The third-order valence-electron chi connectivity index (χ3n) is 2.94. The van der Waals surface area contributed by atoms with Crippen LogP contribution in [0.25, 0.3) is 0 Å². The minimum atomic E-state index is -0.277. The van der Waals surface area contributed by atoms with Crippen molar-refractivity contribution in [1.82, 2.24) is 10.5 Å². The first kappa shape index (κ1) is 15.5. The summed E-state index contributed by atoms with van der Waals surface area (Å²) in [5.41, 5.74) is 1.24. The van der Waals surface area contributed by atoms with E-state index in [0.29, 0.717) is 17.2 Å². The van der Waals surface area contributed by atoms with E-state index in [9.17, 15) is 4.79 Å². The second-order valence-electron chi connectivity index (χ2n) is 4.78. The van der Waals surface area contributed by atoms with Crippen LogP contribution in [-0.2, 0) is 17.8 Å². The van der Waals surface area contributed by atoms with Gasteiger partial charge in [0.25, 0.3) is 5.91 Å². The number of rotatable bonds is 6. The van der Waals surface area contributed by atoms with Crippen molar-refractivity contribution < 1.29 is 14.1 Å². The Labute approximate surface area is 128 Å². The fourth-order valence-electron chi connectivity index (χ4n) is 1.97. The van der Waals surface area contributed by atoms with Crippen LogP contribution >= 0.6 is 11.6 Å². The molecular weight excluding hydrogens is 292 g/mol. The van der Waals surface area contributed by atoms with Crippen LogP contribution in [-0.4, -0.2) is 24.2 Å². The van der Waals surface area contributed by atoms with Gasteiger partial charge in [-0.25, -0.2) is 0 Å². The lowest BCUT2D eigenvalue weighted by Crippen LogP contribution is -2.34. The molecule has 0 saturated carbocycles. The molecule has 0 fully saturated rings. The largest absolute Gasteiger partial charge is 0.377 e. The normalized spacial score (nSPS) is 12.1. The summed E-state index contributed by atoms with van der Waals surface area (Å²) >= 11 is 6.11. The van der Waals surface area contributed by atoms with Crippen molar-refractivity contribution in [2.24, 2.45) is 0 Å². The maximum Gasteiger partial charge on any atom is 0.273 e. The van der Waals surface area contributed by atoms with Gasteiger partial charge >= 0.3 is 0 Å². The van der Waals surface area contributed by atoms with Crippen molar-refractivity contribution in [3.05, 3.63) is 52.4 Å². The highest BCUT2D eigenvalue weighted by molar-refractivity contribution is 6.31. The Balaban J connectivity index is 1.94. The van der Waals surface area contributed by atoms with Gasteiger partial charge in [-0.1, -0.05) is 35.0 Å². The van der Waals surface area contributed by atoms with Gasteiger partial charge in [-0.3, -0.25) is 4.79 Å². The maximum absolute atomic E-state index is 12.0. The summed E-state index contributed by atoms with van der Waals surface area (Å²) in [7, 11) is 1.55. The summed E-state index contributed by atoms with van der Waals surface area (Å²) in [6.45, 7) is 2.20. The van der Waals surface area contributed by atoms with Crippen LogP contribution in [0.4, 0.5) is 0 Å². The molecule has 2 aromatic rings. The minimum absolute atomic E-state index is 0.0695. The van der Waals surface area contributed by atoms with E-state index in [1.807, 2.05) is 31.2 Å². The quantitative estimate of drug-likeness (QED) is 0.891. The minimum Gasteiger partial charge on any atom is -0.377 e. The Bertz CT molecular complexity index is 612. The summed E-state index contributed by atoms with van der Waals surface area (Å²) in [5.74, 6) is 0.238. The topological polar surface area (TPSA) is 64.4 Å². The van der Waals surface area contributed by atoms with Crippen molar-refractivity contribution in [1.29, 1.82) is 0 Å². The fourth-order valence-corrected chi connectivity index (χ4v) is 2.19. The molecule has 1 aromatic carbocycles. The number of benzene rings is 1. The number of nitrogens with one attached hydrogen (secondary N) is 1. The molecule has 0 aliphatic heterocycles. The Morgan fingerprint density at radius 3 is 2.95 bits per heavy atom. The highest BCUT2D eigenvalue weighted by Crippen LogP contribution is 2.16. The first-order valence-corrected chi connectivity index (χ1v) is 6.96. The molecule has 21 heavy (non-hydrogen) atoms. The number of hydrogen-bond donors (Lipinski definition) is 1. The highest BCUT2D eigenvalue weighted by atomic mass is 35.5. The van der Waals surface area contributed by atoms with Crippen LogP contribution < -0.4 is 5.32 Å². The SMILES string of the molecule is COCc1cc(C(=O)N[C@@H](C)Cc2ccccc2Cl)no1. The summed E-state index contributed by atoms with van der Waals surface area (Å²) in [4.78, 5) is 12.0. The third-order valence-corrected chi connectivity index (χ3v) is 3.31. The Morgan fingerprint density at radius 1 is 1.48 bits per heavy atom. The average molecular weight is 309 g/mol. The van der Waals surface area contributed by atoms with Crippen molar-refractivity contribution in [3.63, 3.8) is 0 Å². The zero-order valence-corrected chi connectivity index (χ0v) is 12.7. The van der Waals surface area contributed by atoms with E-state index in [1.54, 1.807) is 13.2 Å². The first-order chi connectivity index (χ1) is 10.1. The van der Waals surface area contributed by atoms with Crippen molar-refractivity contribution >= 4 is 17.5 Å². The molecule has 1 heterocycles. The second kappa shape index (κ2) is 7.24. The molecule has 0 radical (unpaired) electrons.